The van der Waals surface area contributed by atoms with Crippen LogP contribution >= 0.6 is 11.6 Å². The molecule has 0 radical (unpaired) electrons. The molecule has 3 aromatic rings. The molecule has 2 aromatic carbocycles. The zero-order valence-corrected chi connectivity index (χ0v) is 15.6. The highest BCUT2D eigenvalue weighted by Gasteiger charge is 2.14. The quantitative estimate of drug-likeness (QED) is 0.621. The van der Waals surface area contributed by atoms with Crippen molar-refractivity contribution in [1.29, 1.82) is 0 Å². The van der Waals surface area contributed by atoms with E-state index in [0.29, 0.717) is 22.5 Å². The van der Waals surface area contributed by atoms with Gasteiger partial charge in [-0.15, -0.1) is 0 Å². The van der Waals surface area contributed by atoms with E-state index in [0.717, 1.165) is 16.8 Å². The minimum atomic E-state index is -0.987. The van der Waals surface area contributed by atoms with Gasteiger partial charge in [0.05, 0.1) is 16.8 Å². The van der Waals surface area contributed by atoms with Gasteiger partial charge in [0.25, 0.3) is 0 Å². The maximum atomic E-state index is 11.0. The van der Waals surface area contributed by atoms with Crippen molar-refractivity contribution < 1.29 is 14.6 Å². The molecule has 0 aliphatic carbocycles. The van der Waals surface area contributed by atoms with Crippen molar-refractivity contribution in [3.05, 3.63) is 76.5 Å². The summed E-state index contributed by atoms with van der Waals surface area (Å²) < 4.78 is 5.94. The van der Waals surface area contributed by atoms with E-state index in [2.05, 4.69) is 9.97 Å². The van der Waals surface area contributed by atoms with Crippen LogP contribution in [0.5, 0.6) is 11.6 Å². The van der Waals surface area contributed by atoms with Crippen LogP contribution in [0.4, 0.5) is 0 Å². The Labute approximate surface area is 161 Å². The van der Waals surface area contributed by atoms with Crippen molar-refractivity contribution in [3.63, 3.8) is 0 Å². The summed E-state index contributed by atoms with van der Waals surface area (Å²) in [6.45, 7) is 3.79. The van der Waals surface area contributed by atoms with Gasteiger partial charge in [0.2, 0.25) is 5.88 Å². The number of allylic oxidation sites excluding steroid dienone is 1. The molecular formula is C21H17ClN2O3. The molecular weight excluding hydrogens is 364 g/mol. The number of nitrogens with zero attached hydrogens (tertiary/aromatic N) is 2. The van der Waals surface area contributed by atoms with Crippen LogP contribution in [-0.4, -0.2) is 21.0 Å². The van der Waals surface area contributed by atoms with Gasteiger partial charge in [-0.1, -0.05) is 23.8 Å². The number of halogens is 1. The summed E-state index contributed by atoms with van der Waals surface area (Å²) in [5, 5.41) is 9.65. The standard InChI is InChI=1S/C21H17ClN2O3/c1-3-4-18-13(2)23-19(14-5-9-16(22)10-6-14)24-20(18)27-17-11-7-15(8-12-17)21(25)26/h3-12H,1-2H3,(H,25,26)/b4-3+. The molecule has 5 nitrogen and oxygen atoms in total. The highest BCUT2D eigenvalue weighted by Crippen LogP contribution is 2.29. The summed E-state index contributed by atoms with van der Waals surface area (Å²) in [7, 11) is 0. The number of hydrogen-bond donors (Lipinski definition) is 1. The van der Waals surface area contributed by atoms with Gasteiger partial charge in [0, 0.05) is 10.6 Å². The Bertz CT molecular complexity index is 997. The molecule has 0 aliphatic rings. The van der Waals surface area contributed by atoms with Crippen LogP contribution in [-0.2, 0) is 0 Å². The Kier molecular flexibility index (Phi) is 5.52. The number of aryl methyl sites for hydroxylation is 1. The van der Waals surface area contributed by atoms with E-state index in [1.165, 1.54) is 12.1 Å². The maximum absolute atomic E-state index is 11.0. The third-order valence-corrected chi connectivity index (χ3v) is 4.10. The molecule has 0 atom stereocenters. The Morgan fingerprint density at radius 1 is 1.07 bits per heavy atom. The van der Waals surface area contributed by atoms with Crippen LogP contribution in [0.3, 0.4) is 0 Å². The molecule has 0 fully saturated rings. The van der Waals surface area contributed by atoms with Crippen molar-refractivity contribution in [1.82, 2.24) is 9.97 Å². The Morgan fingerprint density at radius 2 is 1.74 bits per heavy atom. The lowest BCUT2D eigenvalue weighted by atomic mass is 10.1. The summed E-state index contributed by atoms with van der Waals surface area (Å²) in [5.41, 5.74) is 2.54. The summed E-state index contributed by atoms with van der Waals surface area (Å²) in [4.78, 5) is 20.1. The normalized spacial score (nSPS) is 10.9. The van der Waals surface area contributed by atoms with Gasteiger partial charge in [0.1, 0.15) is 5.75 Å². The third kappa shape index (κ3) is 4.33. The molecule has 0 unspecified atom stereocenters. The lowest BCUT2D eigenvalue weighted by Crippen LogP contribution is -2.01. The molecule has 0 bridgehead atoms. The summed E-state index contributed by atoms with van der Waals surface area (Å²) in [6.07, 6.45) is 3.76. The SMILES string of the molecule is C/C=C/c1c(C)nc(-c2ccc(Cl)cc2)nc1Oc1ccc(C(=O)O)cc1. The lowest BCUT2D eigenvalue weighted by Gasteiger charge is -2.12. The highest BCUT2D eigenvalue weighted by molar-refractivity contribution is 6.30. The summed E-state index contributed by atoms with van der Waals surface area (Å²) in [6, 6.07) is 13.4. The Balaban J connectivity index is 2.03. The van der Waals surface area contributed by atoms with Crippen LogP contribution in [0.25, 0.3) is 17.5 Å². The zero-order chi connectivity index (χ0) is 19.4. The predicted octanol–water partition coefficient (Wildman–Crippen LogP) is 5.63. The largest absolute Gasteiger partial charge is 0.478 e. The van der Waals surface area contributed by atoms with Crippen molar-refractivity contribution in [3.8, 4) is 23.0 Å². The number of aromatic carboxylic acids is 1. The maximum Gasteiger partial charge on any atom is 0.335 e. The van der Waals surface area contributed by atoms with Crippen LogP contribution < -0.4 is 4.74 Å². The molecule has 3 rings (SSSR count). The first-order chi connectivity index (χ1) is 13.0. The number of carboxylic acid groups (broad SMARTS) is 1. The van der Waals surface area contributed by atoms with Crippen molar-refractivity contribution in [2.24, 2.45) is 0 Å². The van der Waals surface area contributed by atoms with E-state index in [1.54, 1.807) is 24.3 Å². The van der Waals surface area contributed by atoms with Crippen LogP contribution in [0.2, 0.25) is 5.02 Å². The highest BCUT2D eigenvalue weighted by atomic mass is 35.5. The first kappa shape index (κ1) is 18.6. The molecule has 0 aliphatic heterocycles. The van der Waals surface area contributed by atoms with E-state index in [-0.39, 0.29) is 5.56 Å². The Hall–Kier alpha value is -3.18. The minimum Gasteiger partial charge on any atom is -0.478 e. The van der Waals surface area contributed by atoms with Gasteiger partial charge in [-0.05, 0) is 62.4 Å². The summed E-state index contributed by atoms with van der Waals surface area (Å²) >= 11 is 5.95. The molecule has 1 N–H and O–H groups in total. The second-order valence-corrected chi connectivity index (χ2v) is 6.23. The van der Waals surface area contributed by atoms with E-state index < -0.39 is 5.97 Å². The second-order valence-electron chi connectivity index (χ2n) is 5.79. The van der Waals surface area contributed by atoms with Gasteiger partial charge in [-0.3, -0.25) is 0 Å². The number of rotatable bonds is 5. The van der Waals surface area contributed by atoms with Gasteiger partial charge in [-0.25, -0.2) is 9.78 Å². The number of aromatic nitrogens is 2. The number of hydrogen-bond acceptors (Lipinski definition) is 4. The molecule has 1 heterocycles. The summed E-state index contributed by atoms with van der Waals surface area (Å²) in [5.74, 6) is 0.424. The molecule has 0 spiro atoms. The van der Waals surface area contributed by atoms with Gasteiger partial charge in [0.15, 0.2) is 5.82 Å². The lowest BCUT2D eigenvalue weighted by molar-refractivity contribution is 0.0697. The fourth-order valence-corrected chi connectivity index (χ4v) is 2.62. The number of ether oxygens (including phenoxy) is 1. The molecule has 0 saturated heterocycles. The molecule has 0 saturated carbocycles. The third-order valence-electron chi connectivity index (χ3n) is 3.85. The zero-order valence-electron chi connectivity index (χ0n) is 14.8. The van der Waals surface area contributed by atoms with Crippen molar-refractivity contribution in [2.75, 3.05) is 0 Å². The van der Waals surface area contributed by atoms with Crippen molar-refractivity contribution in [2.45, 2.75) is 13.8 Å². The fourth-order valence-electron chi connectivity index (χ4n) is 2.50. The van der Waals surface area contributed by atoms with Gasteiger partial charge < -0.3 is 9.84 Å². The van der Waals surface area contributed by atoms with Crippen LogP contribution in [0.1, 0.15) is 28.5 Å². The number of carboxylic acids is 1. The number of benzene rings is 2. The number of carbonyl (C=O) groups is 1. The molecule has 6 heteroatoms. The first-order valence-electron chi connectivity index (χ1n) is 8.26. The van der Waals surface area contributed by atoms with Crippen LogP contribution in [0, 0.1) is 6.92 Å². The molecule has 27 heavy (non-hydrogen) atoms. The first-order valence-corrected chi connectivity index (χ1v) is 8.64. The predicted molar refractivity (Wildman–Crippen MR) is 105 cm³/mol. The van der Waals surface area contributed by atoms with Gasteiger partial charge in [-0.2, -0.15) is 4.98 Å². The van der Waals surface area contributed by atoms with Crippen molar-refractivity contribution >= 4 is 23.6 Å². The topological polar surface area (TPSA) is 72.3 Å². The minimum absolute atomic E-state index is 0.191. The van der Waals surface area contributed by atoms with Gasteiger partial charge >= 0.3 is 5.97 Å². The molecule has 0 amide bonds. The molecule has 136 valence electrons. The van der Waals surface area contributed by atoms with E-state index in [9.17, 15) is 4.79 Å². The smallest absolute Gasteiger partial charge is 0.335 e. The average Bonchev–Trinajstić information content (AvgIpc) is 2.65. The van der Waals surface area contributed by atoms with E-state index >= 15 is 0 Å². The van der Waals surface area contributed by atoms with E-state index in [1.807, 2.05) is 38.1 Å². The Morgan fingerprint density at radius 3 is 2.33 bits per heavy atom. The van der Waals surface area contributed by atoms with E-state index in [4.69, 9.17) is 21.4 Å². The monoisotopic (exact) mass is 380 g/mol. The van der Waals surface area contributed by atoms with Crippen LogP contribution in [0.15, 0.2) is 54.6 Å². The average molecular weight is 381 g/mol. The molecule has 1 aromatic heterocycles. The second kappa shape index (κ2) is 8.01. The fraction of sp³-hybridized carbons (Fsp3) is 0.0952.